The molecule has 2 aromatic rings. The number of amides is 2. The Morgan fingerprint density at radius 1 is 1.11 bits per heavy atom. The topological polar surface area (TPSA) is 111 Å². The molecule has 0 heterocycles. The standard InChI is InChI=1S/C20H22ClN3O4/c1-12(2)10-23-19(26)15-5-3-4-6-17(15)24-18(25)11-28-20(27)14-8-7-13(21)9-16(14)22/h3-9,12H,10-11,22H2,1-2H3,(H,23,26)(H,24,25). The zero-order valence-corrected chi connectivity index (χ0v) is 16.4. The monoisotopic (exact) mass is 403 g/mol. The summed E-state index contributed by atoms with van der Waals surface area (Å²) in [5, 5.41) is 5.76. The largest absolute Gasteiger partial charge is 0.452 e. The lowest BCUT2D eigenvalue weighted by atomic mass is 10.1. The zero-order chi connectivity index (χ0) is 20.7. The van der Waals surface area contributed by atoms with E-state index in [0.29, 0.717) is 28.7 Å². The fourth-order valence-electron chi connectivity index (χ4n) is 2.30. The average Bonchev–Trinajstić information content (AvgIpc) is 2.64. The summed E-state index contributed by atoms with van der Waals surface area (Å²) in [6, 6.07) is 10.9. The molecule has 0 saturated carbocycles. The molecule has 2 aromatic carbocycles. The molecule has 0 aliphatic rings. The number of rotatable bonds is 7. The number of ether oxygens (including phenoxy) is 1. The van der Waals surface area contributed by atoms with Crippen molar-refractivity contribution in [3.05, 3.63) is 58.6 Å². The van der Waals surface area contributed by atoms with Gasteiger partial charge in [0, 0.05) is 17.3 Å². The van der Waals surface area contributed by atoms with Crippen LogP contribution in [0.5, 0.6) is 0 Å². The van der Waals surface area contributed by atoms with E-state index in [0.717, 1.165) is 0 Å². The first kappa shape index (κ1) is 21.2. The van der Waals surface area contributed by atoms with Crippen LogP contribution in [0.4, 0.5) is 11.4 Å². The molecule has 7 nitrogen and oxygen atoms in total. The summed E-state index contributed by atoms with van der Waals surface area (Å²) in [5.41, 5.74) is 6.65. The number of nitrogens with two attached hydrogens (primary N) is 1. The summed E-state index contributed by atoms with van der Waals surface area (Å²) in [6.07, 6.45) is 0. The molecule has 0 unspecified atom stereocenters. The van der Waals surface area contributed by atoms with Crippen molar-refractivity contribution >= 4 is 40.8 Å². The van der Waals surface area contributed by atoms with Gasteiger partial charge < -0.3 is 21.1 Å². The highest BCUT2D eigenvalue weighted by atomic mass is 35.5. The van der Waals surface area contributed by atoms with E-state index in [2.05, 4.69) is 10.6 Å². The molecule has 8 heteroatoms. The highest BCUT2D eigenvalue weighted by Crippen LogP contribution is 2.19. The van der Waals surface area contributed by atoms with E-state index >= 15 is 0 Å². The van der Waals surface area contributed by atoms with Gasteiger partial charge >= 0.3 is 5.97 Å². The number of esters is 1. The molecule has 0 radical (unpaired) electrons. The van der Waals surface area contributed by atoms with Gasteiger partial charge in [0.05, 0.1) is 16.8 Å². The molecule has 0 spiro atoms. The number of para-hydroxylation sites is 1. The predicted molar refractivity (Wildman–Crippen MR) is 108 cm³/mol. The van der Waals surface area contributed by atoms with Crippen molar-refractivity contribution in [3.8, 4) is 0 Å². The van der Waals surface area contributed by atoms with Crippen LogP contribution in [-0.2, 0) is 9.53 Å². The Morgan fingerprint density at radius 2 is 1.82 bits per heavy atom. The number of nitrogens with one attached hydrogen (secondary N) is 2. The van der Waals surface area contributed by atoms with Crippen LogP contribution in [0.2, 0.25) is 5.02 Å². The number of hydrogen-bond acceptors (Lipinski definition) is 5. The molecule has 2 amide bonds. The predicted octanol–water partition coefficient (Wildman–Crippen LogP) is 3.10. The second-order valence-electron chi connectivity index (χ2n) is 6.51. The van der Waals surface area contributed by atoms with Crippen LogP contribution in [0, 0.1) is 5.92 Å². The van der Waals surface area contributed by atoms with E-state index in [1.807, 2.05) is 13.8 Å². The van der Waals surface area contributed by atoms with Crippen LogP contribution >= 0.6 is 11.6 Å². The summed E-state index contributed by atoms with van der Waals surface area (Å²) in [6.45, 7) is 3.95. The Labute approximate surface area is 168 Å². The van der Waals surface area contributed by atoms with Crippen molar-refractivity contribution in [2.75, 3.05) is 24.2 Å². The van der Waals surface area contributed by atoms with Crippen molar-refractivity contribution in [1.29, 1.82) is 0 Å². The quantitative estimate of drug-likeness (QED) is 0.486. The fraction of sp³-hybridized carbons (Fsp3) is 0.250. The van der Waals surface area contributed by atoms with Crippen LogP contribution in [0.15, 0.2) is 42.5 Å². The minimum absolute atomic E-state index is 0.116. The average molecular weight is 404 g/mol. The van der Waals surface area contributed by atoms with Crippen molar-refractivity contribution < 1.29 is 19.1 Å². The molecule has 0 saturated heterocycles. The number of benzene rings is 2. The van der Waals surface area contributed by atoms with Gasteiger partial charge in [0.2, 0.25) is 0 Å². The summed E-state index contributed by atoms with van der Waals surface area (Å²) >= 11 is 5.79. The third-order valence-corrected chi connectivity index (χ3v) is 3.92. The first-order valence-electron chi connectivity index (χ1n) is 8.67. The maximum absolute atomic E-state index is 12.3. The summed E-state index contributed by atoms with van der Waals surface area (Å²) < 4.78 is 4.99. The van der Waals surface area contributed by atoms with E-state index in [9.17, 15) is 14.4 Å². The lowest BCUT2D eigenvalue weighted by Crippen LogP contribution is -2.29. The van der Waals surface area contributed by atoms with Gasteiger partial charge in [-0.05, 0) is 36.2 Å². The molecular formula is C20H22ClN3O4. The third kappa shape index (κ3) is 5.99. The van der Waals surface area contributed by atoms with Crippen LogP contribution in [0.3, 0.4) is 0 Å². The summed E-state index contributed by atoms with van der Waals surface area (Å²) in [7, 11) is 0. The minimum atomic E-state index is -0.743. The number of halogens is 1. The molecule has 0 aliphatic carbocycles. The lowest BCUT2D eigenvalue weighted by Gasteiger charge is -2.13. The highest BCUT2D eigenvalue weighted by molar-refractivity contribution is 6.31. The Bertz CT molecular complexity index is 884. The van der Waals surface area contributed by atoms with Gasteiger partial charge in [-0.2, -0.15) is 0 Å². The van der Waals surface area contributed by atoms with Gasteiger partial charge in [-0.3, -0.25) is 9.59 Å². The van der Waals surface area contributed by atoms with Gasteiger partial charge in [-0.1, -0.05) is 37.6 Å². The maximum atomic E-state index is 12.3. The number of anilines is 2. The minimum Gasteiger partial charge on any atom is -0.452 e. The van der Waals surface area contributed by atoms with Gasteiger partial charge in [0.25, 0.3) is 11.8 Å². The van der Waals surface area contributed by atoms with Gasteiger partial charge in [-0.25, -0.2) is 4.79 Å². The van der Waals surface area contributed by atoms with E-state index in [4.69, 9.17) is 22.1 Å². The number of carbonyl (C=O) groups excluding carboxylic acids is 3. The number of carbonyl (C=O) groups is 3. The second-order valence-corrected chi connectivity index (χ2v) is 6.94. The van der Waals surface area contributed by atoms with E-state index in [1.54, 1.807) is 24.3 Å². The van der Waals surface area contributed by atoms with Crippen molar-refractivity contribution in [2.24, 2.45) is 5.92 Å². The van der Waals surface area contributed by atoms with Crippen LogP contribution in [0.25, 0.3) is 0 Å². The first-order chi connectivity index (χ1) is 13.3. The molecular weight excluding hydrogens is 382 g/mol. The molecule has 0 fully saturated rings. The zero-order valence-electron chi connectivity index (χ0n) is 15.6. The van der Waals surface area contributed by atoms with E-state index in [-0.39, 0.29) is 17.2 Å². The van der Waals surface area contributed by atoms with Crippen molar-refractivity contribution in [1.82, 2.24) is 5.32 Å². The van der Waals surface area contributed by atoms with E-state index in [1.165, 1.54) is 18.2 Å². The molecule has 0 bridgehead atoms. The Morgan fingerprint density at radius 3 is 2.50 bits per heavy atom. The van der Waals surface area contributed by atoms with Gasteiger partial charge in [-0.15, -0.1) is 0 Å². The SMILES string of the molecule is CC(C)CNC(=O)c1ccccc1NC(=O)COC(=O)c1ccc(Cl)cc1N. The Balaban J connectivity index is 1.98. The smallest absolute Gasteiger partial charge is 0.340 e. The molecule has 0 aromatic heterocycles. The molecule has 0 aliphatic heterocycles. The van der Waals surface area contributed by atoms with E-state index < -0.39 is 18.5 Å². The van der Waals surface area contributed by atoms with Crippen LogP contribution in [0.1, 0.15) is 34.6 Å². The van der Waals surface area contributed by atoms with Crippen molar-refractivity contribution in [3.63, 3.8) is 0 Å². The van der Waals surface area contributed by atoms with Crippen molar-refractivity contribution in [2.45, 2.75) is 13.8 Å². The maximum Gasteiger partial charge on any atom is 0.340 e. The summed E-state index contributed by atoms with van der Waals surface area (Å²) in [5.74, 6) is -1.32. The van der Waals surface area contributed by atoms with Gasteiger partial charge in [0.1, 0.15) is 0 Å². The normalized spacial score (nSPS) is 10.4. The second kappa shape index (κ2) is 9.75. The Kier molecular flexibility index (Phi) is 7.40. The lowest BCUT2D eigenvalue weighted by molar-refractivity contribution is -0.119. The van der Waals surface area contributed by atoms with Crippen LogP contribution < -0.4 is 16.4 Å². The van der Waals surface area contributed by atoms with Gasteiger partial charge in [0.15, 0.2) is 6.61 Å². The molecule has 28 heavy (non-hydrogen) atoms. The fourth-order valence-corrected chi connectivity index (χ4v) is 2.48. The molecule has 4 N–H and O–H groups in total. The first-order valence-corrected chi connectivity index (χ1v) is 9.05. The summed E-state index contributed by atoms with van der Waals surface area (Å²) in [4.78, 5) is 36.5. The highest BCUT2D eigenvalue weighted by Gasteiger charge is 2.16. The molecule has 148 valence electrons. The third-order valence-electron chi connectivity index (χ3n) is 3.68. The number of hydrogen-bond donors (Lipinski definition) is 3. The van der Waals surface area contributed by atoms with Crippen LogP contribution in [-0.4, -0.2) is 30.9 Å². The molecule has 2 rings (SSSR count). The number of nitrogen functional groups attached to an aromatic ring is 1. The molecule has 0 atom stereocenters. The Hall–Kier alpha value is -3.06.